The van der Waals surface area contributed by atoms with E-state index in [9.17, 15) is 26.8 Å². The number of fused-ring (bicyclic) bond motifs is 3. The molecule has 2 aliphatic carbocycles. The van der Waals surface area contributed by atoms with Crippen molar-refractivity contribution in [1.29, 1.82) is 0 Å². The van der Waals surface area contributed by atoms with Crippen LogP contribution in [0.4, 0.5) is 13.2 Å². The Bertz CT molecular complexity index is 1670. The zero-order valence-corrected chi connectivity index (χ0v) is 23.7. The molecule has 0 spiro atoms. The van der Waals surface area contributed by atoms with Crippen LogP contribution < -0.4 is 5.32 Å². The maximum Gasteiger partial charge on any atom is 0.311 e. The van der Waals surface area contributed by atoms with Crippen molar-refractivity contribution < 1.29 is 35.9 Å². The van der Waals surface area contributed by atoms with E-state index in [4.69, 9.17) is 4.74 Å². The molecule has 2 aromatic carbocycles. The summed E-state index contributed by atoms with van der Waals surface area (Å²) in [5, 5.41) is 7.37. The lowest BCUT2D eigenvalue weighted by Gasteiger charge is -2.30. The van der Waals surface area contributed by atoms with E-state index in [1.165, 1.54) is 28.9 Å². The smallest absolute Gasteiger partial charge is 0.311 e. The summed E-state index contributed by atoms with van der Waals surface area (Å²) < 4.78 is 75.7. The number of esters is 1. The zero-order valence-electron chi connectivity index (χ0n) is 22.9. The molecule has 1 aromatic heterocycles. The van der Waals surface area contributed by atoms with Crippen LogP contribution in [0.15, 0.2) is 42.5 Å². The first-order valence-electron chi connectivity index (χ1n) is 14.0. The molecule has 6 rings (SSSR count). The second-order valence-corrected chi connectivity index (χ2v) is 13.5. The number of carbonyl (C=O) groups excluding carboxylic acids is 2. The van der Waals surface area contributed by atoms with Crippen molar-refractivity contribution in [3.8, 4) is 5.69 Å². The van der Waals surface area contributed by atoms with Crippen molar-refractivity contribution in [2.75, 3.05) is 12.4 Å². The van der Waals surface area contributed by atoms with Crippen LogP contribution in [0.5, 0.6) is 0 Å². The second-order valence-electron chi connectivity index (χ2n) is 11.4. The number of carbonyl (C=O) groups is 2. The van der Waals surface area contributed by atoms with Crippen LogP contribution in [0.25, 0.3) is 5.69 Å². The van der Waals surface area contributed by atoms with E-state index >= 15 is 4.39 Å². The monoisotopic (exact) mass is 601 g/mol. The third kappa shape index (κ3) is 5.21. The highest BCUT2D eigenvalue weighted by Gasteiger charge is 2.52. The van der Waals surface area contributed by atoms with Crippen molar-refractivity contribution in [2.45, 2.75) is 50.3 Å². The number of halogens is 3. The van der Waals surface area contributed by atoms with Gasteiger partial charge >= 0.3 is 5.97 Å². The number of rotatable bonds is 7. The summed E-state index contributed by atoms with van der Waals surface area (Å²) in [6.45, 7) is 1.92. The third-order valence-electron chi connectivity index (χ3n) is 8.73. The van der Waals surface area contributed by atoms with Crippen LogP contribution in [0.3, 0.4) is 0 Å². The maximum atomic E-state index is 15.1. The molecule has 2 saturated carbocycles. The second kappa shape index (κ2) is 10.9. The Hall–Kier alpha value is -3.67. The van der Waals surface area contributed by atoms with E-state index < -0.39 is 56.8 Å². The summed E-state index contributed by atoms with van der Waals surface area (Å²) in [6.07, 6.45) is 2.54. The first-order chi connectivity index (χ1) is 20.0. The maximum absolute atomic E-state index is 15.1. The summed E-state index contributed by atoms with van der Waals surface area (Å²) in [5.41, 5.74) is 0.561. The van der Waals surface area contributed by atoms with Gasteiger partial charge in [-0.3, -0.25) is 9.59 Å². The molecule has 0 saturated heterocycles. The van der Waals surface area contributed by atoms with E-state index in [0.29, 0.717) is 17.3 Å². The first kappa shape index (κ1) is 28.4. The van der Waals surface area contributed by atoms with Gasteiger partial charge in [-0.05, 0) is 74.3 Å². The fourth-order valence-electron chi connectivity index (χ4n) is 7.11. The summed E-state index contributed by atoms with van der Waals surface area (Å²) in [7, 11) is -3.74. The molecule has 1 amide bonds. The Kier molecular flexibility index (Phi) is 7.36. The normalized spacial score (nSPS) is 25.7. The van der Waals surface area contributed by atoms with Gasteiger partial charge in [0.2, 0.25) is 0 Å². The van der Waals surface area contributed by atoms with Gasteiger partial charge < -0.3 is 10.1 Å². The molecular weight excluding hydrogens is 571 g/mol. The Morgan fingerprint density at radius 1 is 1.07 bits per heavy atom. The number of ether oxygens (including phenoxy) is 1. The lowest BCUT2D eigenvalue weighted by molar-refractivity contribution is -0.150. The average Bonchev–Trinajstić information content (AvgIpc) is 3.62. The summed E-state index contributed by atoms with van der Waals surface area (Å²) in [6, 6.07) is 8.12. The highest BCUT2D eigenvalue weighted by Crippen LogP contribution is 2.49. The Balaban J connectivity index is 1.44. The van der Waals surface area contributed by atoms with Crippen LogP contribution in [0, 0.1) is 35.2 Å². The summed E-state index contributed by atoms with van der Waals surface area (Å²) in [4.78, 5) is 26.6. The molecule has 1 aliphatic heterocycles. The average molecular weight is 602 g/mol. The first-order valence-corrected chi connectivity index (χ1v) is 15.9. The minimum Gasteiger partial charge on any atom is -0.466 e. The minimum absolute atomic E-state index is 0.0604. The van der Waals surface area contributed by atoms with Gasteiger partial charge in [-0.1, -0.05) is 12.1 Å². The van der Waals surface area contributed by atoms with Gasteiger partial charge in [0.25, 0.3) is 5.91 Å². The van der Waals surface area contributed by atoms with Gasteiger partial charge in [0.15, 0.2) is 21.3 Å². The lowest BCUT2D eigenvalue weighted by Crippen LogP contribution is -2.47. The Labute approximate surface area is 241 Å². The number of nitrogens with one attached hydrogen (secondary N) is 1. The molecule has 2 bridgehead atoms. The molecule has 1 N–H and O–H groups in total. The highest BCUT2D eigenvalue weighted by atomic mass is 32.2. The lowest BCUT2D eigenvalue weighted by atomic mass is 9.84. The predicted octanol–water partition coefficient (Wildman–Crippen LogP) is 4.25. The molecule has 222 valence electrons. The molecule has 8 nitrogen and oxygen atoms in total. The molecule has 12 heteroatoms. The molecule has 3 aromatic rings. The largest absolute Gasteiger partial charge is 0.466 e. The Morgan fingerprint density at radius 3 is 2.57 bits per heavy atom. The van der Waals surface area contributed by atoms with Crippen molar-refractivity contribution in [3.05, 3.63) is 82.4 Å². The molecular formula is C30H30F3N3O5S. The number of hydrogen-bond acceptors (Lipinski definition) is 6. The fourth-order valence-corrected chi connectivity index (χ4v) is 8.84. The summed E-state index contributed by atoms with van der Waals surface area (Å²) >= 11 is 0. The van der Waals surface area contributed by atoms with E-state index in [2.05, 4.69) is 10.4 Å². The van der Waals surface area contributed by atoms with Gasteiger partial charge in [0, 0.05) is 23.6 Å². The number of nitrogens with zero attached hydrogens (tertiary/aromatic N) is 2. The van der Waals surface area contributed by atoms with Crippen LogP contribution in [-0.4, -0.2) is 48.5 Å². The van der Waals surface area contributed by atoms with Crippen molar-refractivity contribution in [2.24, 2.45) is 17.8 Å². The molecule has 3 aliphatic rings. The van der Waals surface area contributed by atoms with Crippen molar-refractivity contribution in [1.82, 2.24) is 15.1 Å². The molecule has 1 unspecified atom stereocenters. The van der Waals surface area contributed by atoms with Gasteiger partial charge in [0.05, 0.1) is 29.7 Å². The molecule has 2 heterocycles. The standard InChI is InChI=1S/C30H30F3N3O5S/c1-2-41-30(38)25-17-6-7-18(12-17)26(25)34-29(37)27-22-15-42(39,40)14-19(10-16-4-3-5-20(31)11-16)28(22)36(35-27)24-9-8-21(32)13-23(24)33/h3-5,8-9,11,13,17-19,25-26H,2,6-7,10,12,14-15H2,1H3,(H,34,37)/t17-,18+,19?,25+,26-/m0/s1. The van der Waals surface area contributed by atoms with E-state index in [0.717, 1.165) is 25.3 Å². The Morgan fingerprint density at radius 2 is 1.83 bits per heavy atom. The van der Waals surface area contributed by atoms with Gasteiger partial charge in [-0.2, -0.15) is 5.10 Å². The minimum atomic E-state index is -3.74. The SMILES string of the molecule is CCOC(=O)[C@@H]1[C@H]2CC[C@H](C2)[C@@H]1NC(=O)c1nn(-c2ccc(F)cc2F)c2c1CS(=O)(=O)CC2Cc1cccc(F)c1. The van der Waals surface area contributed by atoms with Crippen LogP contribution in [0.1, 0.15) is 59.4 Å². The van der Waals surface area contributed by atoms with E-state index in [1.54, 1.807) is 13.0 Å². The summed E-state index contributed by atoms with van der Waals surface area (Å²) in [5.74, 6) is -5.33. The van der Waals surface area contributed by atoms with Gasteiger partial charge in [0.1, 0.15) is 17.3 Å². The zero-order chi connectivity index (χ0) is 29.8. The van der Waals surface area contributed by atoms with Crippen LogP contribution in [-0.2, 0) is 31.5 Å². The number of sulfone groups is 1. The number of benzene rings is 2. The van der Waals surface area contributed by atoms with Gasteiger partial charge in [-0.15, -0.1) is 0 Å². The molecule has 5 atom stereocenters. The molecule has 2 fully saturated rings. The third-order valence-corrected chi connectivity index (χ3v) is 10.4. The predicted molar refractivity (Wildman–Crippen MR) is 146 cm³/mol. The van der Waals surface area contributed by atoms with Crippen molar-refractivity contribution in [3.63, 3.8) is 0 Å². The number of amides is 1. The topological polar surface area (TPSA) is 107 Å². The van der Waals surface area contributed by atoms with Gasteiger partial charge in [-0.25, -0.2) is 26.3 Å². The fraction of sp³-hybridized carbons (Fsp3) is 0.433. The number of aromatic nitrogens is 2. The quantitative estimate of drug-likeness (QED) is 0.406. The molecule has 0 radical (unpaired) electrons. The molecule has 42 heavy (non-hydrogen) atoms. The van der Waals surface area contributed by atoms with Crippen molar-refractivity contribution >= 4 is 21.7 Å². The van der Waals surface area contributed by atoms with Crippen LogP contribution >= 0.6 is 0 Å². The highest BCUT2D eigenvalue weighted by molar-refractivity contribution is 7.90. The van der Waals surface area contributed by atoms with Crippen LogP contribution in [0.2, 0.25) is 0 Å². The van der Waals surface area contributed by atoms with E-state index in [-0.39, 0.29) is 53.5 Å². The van der Waals surface area contributed by atoms with E-state index in [1.807, 2.05) is 0 Å². The number of hydrogen-bond donors (Lipinski definition) is 1.